The number of pyridine rings is 1. The molecule has 0 aliphatic rings. The third kappa shape index (κ3) is 4.40. The van der Waals surface area contributed by atoms with Crippen molar-refractivity contribution in [2.75, 3.05) is 5.32 Å². The van der Waals surface area contributed by atoms with Crippen LogP contribution in [0.3, 0.4) is 0 Å². The summed E-state index contributed by atoms with van der Waals surface area (Å²) in [4.78, 5) is 20.8. The second-order valence-corrected chi connectivity index (χ2v) is 8.06. The zero-order chi connectivity index (χ0) is 21.9. The van der Waals surface area contributed by atoms with Gasteiger partial charge in [-0.05, 0) is 46.8 Å². The van der Waals surface area contributed by atoms with E-state index in [2.05, 4.69) is 40.5 Å². The Labute approximate surface area is 196 Å². The Hall–Kier alpha value is -3.53. The lowest BCUT2D eigenvalue weighted by Crippen LogP contribution is -1.99. The molecule has 0 radical (unpaired) electrons. The highest BCUT2D eigenvalue weighted by molar-refractivity contribution is 7.19. The van der Waals surface area contributed by atoms with Crippen molar-refractivity contribution in [1.29, 1.82) is 0 Å². The van der Waals surface area contributed by atoms with Gasteiger partial charge < -0.3 is 0 Å². The Morgan fingerprint density at radius 3 is 2.38 bits per heavy atom. The van der Waals surface area contributed by atoms with Crippen molar-refractivity contribution in [2.45, 2.75) is 0 Å². The first-order chi connectivity index (χ1) is 15.7. The molecule has 0 aliphatic carbocycles. The molecule has 0 saturated carbocycles. The molecule has 3 aromatic heterocycles. The van der Waals surface area contributed by atoms with E-state index in [1.807, 2.05) is 60.7 Å². The second kappa shape index (κ2) is 8.91. The molecule has 0 saturated heterocycles. The van der Waals surface area contributed by atoms with Crippen molar-refractivity contribution >= 4 is 67.1 Å². The minimum Gasteiger partial charge on any atom is -0.300 e. The van der Waals surface area contributed by atoms with Gasteiger partial charge >= 0.3 is 0 Å². The van der Waals surface area contributed by atoms with Crippen LogP contribution < -0.4 is 5.32 Å². The third-order valence-electron chi connectivity index (χ3n) is 4.33. The molecular weight excluding hydrogens is 467 g/mol. The first-order valence-corrected chi connectivity index (χ1v) is 10.9. The number of thiazole rings is 1. The lowest BCUT2D eigenvalue weighted by molar-refractivity contribution is 1.05. The average Bonchev–Trinajstić information content (AvgIpc) is 3.20. The summed E-state index contributed by atoms with van der Waals surface area (Å²) in [7, 11) is 0. The number of aromatic nitrogens is 5. The van der Waals surface area contributed by atoms with E-state index in [1.54, 1.807) is 6.20 Å². The van der Waals surface area contributed by atoms with Crippen LogP contribution in [0.2, 0.25) is 10.6 Å². The first-order valence-electron chi connectivity index (χ1n) is 9.31. The van der Waals surface area contributed by atoms with Crippen LogP contribution in [0.15, 0.2) is 77.1 Å². The highest BCUT2D eigenvalue weighted by Crippen LogP contribution is 2.39. The van der Waals surface area contributed by atoms with Crippen LogP contribution in [0.5, 0.6) is 0 Å². The van der Waals surface area contributed by atoms with E-state index in [9.17, 15) is 0 Å². The Bertz CT molecular complexity index is 1410. The summed E-state index contributed by atoms with van der Waals surface area (Å²) >= 11 is 13.0. The van der Waals surface area contributed by atoms with E-state index in [-0.39, 0.29) is 16.5 Å². The Balaban J connectivity index is 1.55. The summed E-state index contributed by atoms with van der Waals surface area (Å²) in [6.07, 6.45) is 1.69. The summed E-state index contributed by atoms with van der Waals surface area (Å²) in [6.45, 7) is 0. The number of nitrogens with zero attached hydrogens (tertiary/aromatic N) is 7. The summed E-state index contributed by atoms with van der Waals surface area (Å²) in [6, 6.07) is 19.5. The standard InChI is InChI=1S/C21H12Cl2N8S/c22-18-26-19(23)28-20(27-18)29-21-25-16(15-9-3-4-11-24-15)17(32-21)31-30-14-10-5-7-12-6-1-2-8-13(12)14/h1-11H,(H,25,26,27,28,29). The lowest BCUT2D eigenvalue weighted by atomic mass is 10.1. The number of hydrogen-bond donors (Lipinski definition) is 1. The quantitative estimate of drug-likeness (QED) is 0.272. The second-order valence-electron chi connectivity index (χ2n) is 6.41. The number of azo groups is 1. The number of benzene rings is 2. The number of fused-ring (bicyclic) bond motifs is 1. The maximum Gasteiger partial charge on any atom is 0.234 e. The van der Waals surface area contributed by atoms with Crippen molar-refractivity contribution in [1.82, 2.24) is 24.9 Å². The van der Waals surface area contributed by atoms with Gasteiger partial charge in [0.1, 0.15) is 5.69 Å². The molecular formula is C21H12Cl2N8S. The number of anilines is 2. The van der Waals surface area contributed by atoms with Gasteiger partial charge in [0.15, 0.2) is 10.1 Å². The number of nitrogens with one attached hydrogen (secondary N) is 1. The topological polar surface area (TPSA) is 101 Å². The Kier molecular flexibility index (Phi) is 5.68. The third-order valence-corrected chi connectivity index (χ3v) is 5.52. The van der Waals surface area contributed by atoms with Crippen molar-refractivity contribution in [2.24, 2.45) is 10.2 Å². The van der Waals surface area contributed by atoms with Crippen molar-refractivity contribution in [3.05, 3.63) is 77.4 Å². The molecule has 0 amide bonds. The number of halogens is 2. The molecule has 11 heteroatoms. The Morgan fingerprint density at radius 1 is 0.781 bits per heavy atom. The molecule has 0 aliphatic heterocycles. The predicted octanol–water partition coefficient (Wildman–Crippen LogP) is 7.01. The van der Waals surface area contributed by atoms with Crippen molar-refractivity contribution in [3.63, 3.8) is 0 Å². The van der Waals surface area contributed by atoms with Gasteiger partial charge in [-0.2, -0.15) is 15.0 Å². The molecule has 0 fully saturated rings. The van der Waals surface area contributed by atoms with Gasteiger partial charge in [-0.1, -0.05) is 53.8 Å². The molecule has 0 spiro atoms. The largest absolute Gasteiger partial charge is 0.300 e. The molecule has 2 aromatic carbocycles. The molecule has 0 unspecified atom stereocenters. The van der Waals surface area contributed by atoms with E-state index in [1.165, 1.54) is 11.3 Å². The number of rotatable bonds is 5. The monoisotopic (exact) mass is 478 g/mol. The van der Waals surface area contributed by atoms with Gasteiger partial charge in [-0.3, -0.25) is 10.3 Å². The molecule has 5 aromatic rings. The summed E-state index contributed by atoms with van der Waals surface area (Å²) in [5.74, 6) is 0.175. The summed E-state index contributed by atoms with van der Waals surface area (Å²) < 4.78 is 0. The van der Waals surface area contributed by atoms with Crippen LogP contribution >= 0.6 is 34.5 Å². The van der Waals surface area contributed by atoms with Gasteiger partial charge in [0.05, 0.1) is 11.4 Å². The van der Waals surface area contributed by atoms with Gasteiger partial charge in [0.2, 0.25) is 16.5 Å². The maximum absolute atomic E-state index is 5.87. The predicted molar refractivity (Wildman–Crippen MR) is 127 cm³/mol. The smallest absolute Gasteiger partial charge is 0.234 e. The number of hydrogen-bond acceptors (Lipinski definition) is 9. The normalized spacial score (nSPS) is 11.3. The highest BCUT2D eigenvalue weighted by Gasteiger charge is 2.16. The van der Waals surface area contributed by atoms with Crippen molar-refractivity contribution in [3.8, 4) is 11.4 Å². The van der Waals surface area contributed by atoms with E-state index >= 15 is 0 Å². The fraction of sp³-hybridized carbons (Fsp3) is 0. The van der Waals surface area contributed by atoms with Gasteiger partial charge in [0.25, 0.3) is 0 Å². The van der Waals surface area contributed by atoms with E-state index in [0.29, 0.717) is 21.5 Å². The SMILES string of the molecule is Clc1nc(Cl)nc(Nc2nc(-c3ccccn3)c(N=Nc3cccc4ccccc34)s2)n1. The molecule has 0 atom stereocenters. The zero-order valence-electron chi connectivity index (χ0n) is 16.1. The fourth-order valence-corrected chi connectivity index (χ4v) is 4.13. The molecule has 156 valence electrons. The summed E-state index contributed by atoms with van der Waals surface area (Å²) in [5.41, 5.74) is 2.00. The Morgan fingerprint density at radius 2 is 1.56 bits per heavy atom. The van der Waals surface area contributed by atoms with E-state index in [4.69, 9.17) is 23.2 Å². The molecule has 32 heavy (non-hydrogen) atoms. The van der Waals surface area contributed by atoms with Crippen LogP contribution in [-0.2, 0) is 0 Å². The maximum atomic E-state index is 5.87. The van der Waals surface area contributed by atoms with Crippen LogP contribution in [0.1, 0.15) is 0 Å². The van der Waals surface area contributed by atoms with Crippen molar-refractivity contribution < 1.29 is 0 Å². The molecule has 5 rings (SSSR count). The minimum absolute atomic E-state index is 0.0233. The van der Waals surface area contributed by atoms with Crippen LogP contribution in [-0.4, -0.2) is 24.9 Å². The van der Waals surface area contributed by atoms with Gasteiger partial charge in [0, 0.05) is 11.6 Å². The van der Waals surface area contributed by atoms with Crippen LogP contribution in [0.4, 0.5) is 21.8 Å². The zero-order valence-corrected chi connectivity index (χ0v) is 18.5. The lowest BCUT2D eigenvalue weighted by Gasteiger charge is -2.00. The van der Waals surface area contributed by atoms with Gasteiger partial charge in [-0.15, -0.1) is 10.2 Å². The van der Waals surface area contributed by atoms with Crippen LogP contribution in [0, 0.1) is 0 Å². The van der Waals surface area contributed by atoms with Crippen LogP contribution in [0.25, 0.3) is 22.2 Å². The highest BCUT2D eigenvalue weighted by atomic mass is 35.5. The van der Waals surface area contributed by atoms with Gasteiger partial charge in [-0.25, -0.2) is 4.98 Å². The van der Waals surface area contributed by atoms with E-state index in [0.717, 1.165) is 16.5 Å². The minimum atomic E-state index is -0.0233. The molecule has 8 nitrogen and oxygen atoms in total. The average molecular weight is 479 g/mol. The molecule has 3 heterocycles. The fourth-order valence-electron chi connectivity index (χ4n) is 2.98. The van der Waals surface area contributed by atoms with E-state index < -0.39 is 0 Å². The molecule has 1 N–H and O–H groups in total. The molecule has 0 bridgehead atoms. The first kappa shape index (κ1) is 20.4. The summed E-state index contributed by atoms with van der Waals surface area (Å²) in [5, 5.41) is 15.1.